The summed E-state index contributed by atoms with van der Waals surface area (Å²) < 4.78 is 32.2. The minimum Gasteiger partial charge on any atom is -0.379 e. The molecule has 1 aromatic carbocycles. The molecule has 8 nitrogen and oxygen atoms in total. The van der Waals surface area contributed by atoms with Crippen molar-refractivity contribution < 1.29 is 22.7 Å². The van der Waals surface area contributed by atoms with Crippen molar-refractivity contribution >= 4 is 33.2 Å². The van der Waals surface area contributed by atoms with Gasteiger partial charge >= 0.3 is 0 Å². The van der Waals surface area contributed by atoms with E-state index in [-0.39, 0.29) is 28.3 Å². The Morgan fingerprint density at radius 2 is 1.60 bits per heavy atom. The van der Waals surface area contributed by atoms with Crippen LogP contribution < -0.4 is 10.9 Å². The molecule has 0 spiro atoms. The van der Waals surface area contributed by atoms with Gasteiger partial charge in [0.05, 0.1) is 13.2 Å². The van der Waals surface area contributed by atoms with Crippen molar-refractivity contribution in [3.63, 3.8) is 0 Å². The quantitative estimate of drug-likeness (QED) is 0.693. The van der Waals surface area contributed by atoms with Crippen LogP contribution in [-0.4, -0.2) is 50.8 Å². The zero-order valence-electron chi connectivity index (χ0n) is 17.1. The third-order valence-corrected chi connectivity index (χ3v) is 7.71. The lowest BCUT2D eigenvalue weighted by atomic mass is 9.87. The van der Waals surface area contributed by atoms with Gasteiger partial charge < -0.3 is 4.74 Å². The SMILES string of the molecule is CC(C)(C)c1ccc(C(=O)NNC(=O)c2sccc2S(=O)(=O)N2CCOCC2)cc1. The zero-order chi connectivity index (χ0) is 21.9. The monoisotopic (exact) mass is 451 g/mol. The second-order valence-electron chi connectivity index (χ2n) is 7.87. The standard InChI is InChI=1S/C20H25N3O5S2/c1-20(2,3)15-6-4-14(5-7-15)18(24)21-22-19(25)17-16(8-13-29-17)30(26,27)23-9-11-28-12-10-23/h4-8,13H,9-12H2,1-3H3,(H,21,24)(H,22,25). The molecular formula is C20H25N3O5S2. The maximum atomic E-state index is 12.9. The van der Waals surface area contributed by atoms with Gasteiger partial charge in [-0.2, -0.15) is 4.31 Å². The predicted octanol–water partition coefficient (Wildman–Crippen LogP) is 2.14. The normalized spacial score (nSPS) is 15.6. The van der Waals surface area contributed by atoms with Gasteiger partial charge in [-0.15, -0.1) is 11.3 Å². The van der Waals surface area contributed by atoms with Crippen molar-refractivity contribution in [2.45, 2.75) is 31.1 Å². The second kappa shape index (κ2) is 8.84. The molecule has 3 rings (SSSR count). The van der Waals surface area contributed by atoms with Crippen molar-refractivity contribution in [2.24, 2.45) is 0 Å². The highest BCUT2D eigenvalue weighted by molar-refractivity contribution is 7.89. The van der Waals surface area contributed by atoms with Crippen LogP contribution in [0.5, 0.6) is 0 Å². The Morgan fingerprint density at radius 1 is 1.00 bits per heavy atom. The first-order chi connectivity index (χ1) is 14.1. The molecular weight excluding hydrogens is 426 g/mol. The highest BCUT2D eigenvalue weighted by Gasteiger charge is 2.31. The first kappa shape index (κ1) is 22.4. The number of carbonyl (C=O) groups excluding carboxylic acids is 2. The van der Waals surface area contributed by atoms with Crippen LogP contribution in [0.1, 0.15) is 46.4 Å². The summed E-state index contributed by atoms with van der Waals surface area (Å²) in [6.07, 6.45) is 0. The number of benzene rings is 1. The van der Waals surface area contributed by atoms with Gasteiger partial charge in [-0.25, -0.2) is 8.42 Å². The smallest absolute Gasteiger partial charge is 0.281 e. The first-order valence-electron chi connectivity index (χ1n) is 9.47. The number of amides is 2. The summed E-state index contributed by atoms with van der Waals surface area (Å²) in [5.74, 6) is -1.17. The molecule has 1 saturated heterocycles. The molecule has 0 aliphatic carbocycles. The number of thiophene rings is 1. The van der Waals surface area contributed by atoms with E-state index in [2.05, 4.69) is 31.6 Å². The molecule has 1 fully saturated rings. The lowest BCUT2D eigenvalue weighted by molar-refractivity contribution is 0.0729. The summed E-state index contributed by atoms with van der Waals surface area (Å²) in [6, 6.07) is 8.49. The average molecular weight is 452 g/mol. The number of hydrogen-bond donors (Lipinski definition) is 2. The van der Waals surface area contributed by atoms with Gasteiger partial charge in [0.2, 0.25) is 10.0 Å². The molecule has 1 aromatic heterocycles. The topological polar surface area (TPSA) is 105 Å². The first-order valence-corrected chi connectivity index (χ1v) is 11.8. The minimum absolute atomic E-state index is 0.0184. The highest BCUT2D eigenvalue weighted by atomic mass is 32.2. The van der Waals surface area contributed by atoms with Crippen LogP contribution in [0.15, 0.2) is 40.6 Å². The highest BCUT2D eigenvalue weighted by Crippen LogP contribution is 2.26. The number of nitrogens with one attached hydrogen (secondary N) is 2. The minimum atomic E-state index is -3.81. The molecule has 2 amide bonds. The molecule has 0 atom stereocenters. The van der Waals surface area contributed by atoms with Crippen LogP contribution in [0, 0.1) is 0 Å². The van der Waals surface area contributed by atoms with Crippen LogP contribution in [0.2, 0.25) is 0 Å². The maximum absolute atomic E-state index is 12.9. The lowest BCUT2D eigenvalue weighted by Gasteiger charge is -2.26. The van der Waals surface area contributed by atoms with E-state index in [0.29, 0.717) is 18.8 Å². The van der Waals surface area contributed by atoms with Crippen molar-refractivity contribution in [2.75, 3.05) is 26.3 Å². The fraction of sp³-hybridized carbons (Fsp3) is 0.400. The summed E-state index contributed by atoms with van der Waals surface area (Å²) in [7, 11) is -3.81. The zero-order valence-corrected chi connectivity index (χ0v) is 18.7. The van der Waals surface area contributed by atoms with E-state index in [0.717, 1.165) is 16.9 Å². The molecule has 1 aliphatic rings. The van der Waals surface area contributed by atoms with Gasteiger partial charge in [-0.3, -0.25) is 20.4 Å². The van der Waals surface area contributed by atoms with Crippen molar-refractivity contribution in [3.05, 3.63) is 51.7 Å². The fourth-order valence-corrected chi connectivity index (χ4v) is 5.66. The Kier molecular flexibility index (Phi) is 6.61. The molecule has 2 N–H and O–H groups in total. The molecule has 10 heteroatoms. The van der Waals surface area contributed by atoms with E-state index < -0.39 is 21.8 Å². The molecule has 0 unspecified atom stereocenters. The Labute approximate surface area is 180 Å². The van der Waals surface area contributed by atoms with Gasteiger partial charge in [0.25, 0.3) is 11.8 Å². The molecule has 1 aliphatic heterocycles. The van der Waals surface area contributed by atoms with Crippen LogP contribution in [0.4, 0.5) is 0 Å². The molecule has 162 valence electrons. The fourth-order valence-electron chi connectivity index (χ4n) is 2.96. The summed E-state index contributed by atoms with van der Waals surface area (Å²) in [5.41, 5.74) is 6.08. The van der Waals surface area contributed by atoms with Crippen molar-refractivity contribution in [1.29, 1.82) is 0 Å². The molecule has 2 heterocycles. The number of morpholine rings is 1. The Bertz CT molecular complexity index is 1020. The lowest BCUT2D eigenvalue weighted by Crippen LogP contribution is -2.43. The van der Waals surface area contributed by atoms with E-state index in [1.54, 1.807) is 12.1 Å². The Balaban J connectivity index is 1.67. The van der Waals surface area contributed by atoms with Gasteiger partial charge in [0, 0.05) is 18.7 Å². The van der Waals surface area contributed by atoms with E-state index in [1.807, 2.05) is 12.1 Å². The molecule has 2 aromatic rings. The van der Waals surface area contributed by atoms with Crippen molar-refractivity contribution in [3.8, 4) is 0 Å². The number of nitrogens with zero attached hydrogens (tertiary/aromatic N) is 1. The van der Waals surface area contributed by atoms with Crippen LogP contribution in [0.25, 0.3) is 0 Å². The predicted molar refractivity (Wildman–Crippen MR) is 114 cm³/mol. The van der Waals surface area contributed by atoms with Gasteiger partial charge in [-0.05, 0) is 34.6 Å². The molecule has 0 saturated carbocycles. The number of rotatable bonds is 4. The summed E-state index contributed by atoms with van der Waals surface area (Å²) in [4.78, 5) is 24.8. The Hall–Kier alpha value is -2.27. The van der Waals surface area contributed by atoms with Gasteiger partial charge in [0.1, 0.15) is 9.77 Å². The number of sulfonamides is 1. The number of hydrogen-bond acceptors (Lipinski definition) is 6. The van der Waals surface area contributed by atoms with E-state index in [1.165, 1.54) is 15.8 Å². The number of ether oxygens (including phenoxy) is 1. The average Bonchev–Trinajstić information content (AvgIpc) is 3.23. The summed E-state index contributed by atoms with van der Waals surface area (Å²) >= 11 is 1.00. The molecule has 30 heavy (non-hydrogen) atoms. The van der Waals surface area contributed by atoms with Crippen molar-refractivity contribution in [1.82, 2.24) is 15.2 Å². The van der Waals surface area contributed by atoms with Crippen LogP contribution >= 0.6 is 11.3 Å². The van der Waals surface area contributed by atoms with Gasteiger partial charge in [-0.1, -0.05) is 32.9 Å². The van der Waals surface area contributed by atoms with Gasteiger partial charge in [0.15, 0.2) is 0 Å². The summed E-state index contributed by atoms with van der Waals surface area (Å²) in [5, 5.41) is 1.54. The summed E-state index contributed by atoms with van der Waals surface area (Å²) in [6.45, 7) is 7.33. The van der Waals surface area contributed by atoms with E-state index >= 15 is 0 Å². The second-order valence-corrected chi connectivity index (χ2v) is 10.7. The van der Waals surface area contributed by atoms with E-state index in [4.69, 9.17) is 4.74 Å². The number of carbonyl (C=O) groups is 2. The molecule has 0 bridgehead atoms. The Morgan fingerprint density at radius 3 is 2.20 bits per heavy atom. The largest absolute Gasteiger partial charge is 0.379 e. The maximum Gasteiger partial charge on any atom is 0.281 e. The van der Waals surface area contributed by atoms with Crippen LogP contribution in [0.3, 0.4) is 0 Å². The number of hydrazine groups is 1. The third kappa shape index (κ3) is 4.89. The van der Waals surface area contributed by atoms with Crippen LogP contribution in [-0.2, 0) is 20.2 Å². The van der Waals surface area contributed by atoms with E-state index in [9.17, 15) is 18.0 Å². The molecule has 0 radical (unpaired) electrons. The third-order valence-electron chi connectivity index (χ3n) is 4.73.